The van der Waals surface area contributed by atoms with E-state index in [4.69, 9.17) is 0 Å². The van der Waals surface area contributed by atoms with Crippen molar-refractivity contribution in [2.75, 3.05) is 5.32 Å². The van der Waals surface area contributed by atoms with Crippen molar-refractivity contribution in [3.05, 3.63) is 69.3 Å². The zero-order chi connectivity index (χ0) is 17.8. The predicted octanol–water partition coefficient (Wildman–Crippen LogP) is 4.16. The van der Waals surface area contributed by atoms with Crippen LogP contribution < -0.4 is 5.32 Å². The number of thiazole rings is 1. The summed E-state index contributed by atoms with van der Waals surface area (Å²) in [5.74, 6) is -0.0738. The Bertz CT molecular complexity index is 928. The maximum Gasteiger partial charge on any atom is 0.284 e. The number of nitro groups is 1. The largest absolute Gasteiger partial charge is 0.307 e. The molecule has 0 fully saturated rings. The molecule has 0 aliphatic rings. The number of nitro benzene ring substituents is 1. The molecule has 3 rings (SSSR count). The maximum atomic E-state index is 12.3. The molecule has 3 aromatic rings. The molecule has 1 amide bonds. The number of benzene rings is 1. The summed E-state index contributed by atoms with van der Waals surface area (Å²) >= 11 is 2.63. The highest BCUT2D eigenvalue weighted by Gasteiger charge is 2.19. The Morgan fingerprint density at radius 2 is 2.16 bits per heavy atom. The fraction of sp³-hybridized carbons (Fsp3) is 0.0625. The maximum absolute atomic E-state index is 12.3. The van der Waals surface area contributed by atoms with Crippen LogP contribution in [-0.2, 0) is 0 Å². The van der Waals surface area contributed by atoms with Crippen molar-refractivity contribution >= 4 is 40.5 Å². The van der Waals surface area contributed by atoms with E-state index in [1.807, 2.05) is 12.3 Å². The van der Waals surface area contributed by atoms with E-state index in [1.165, 1.54) is 29.2 Å². The van der Waals surface area contributed by atoms with E-state index < -0.39 is 10.8 Å². The first-order valence-corrected chi connectivity index (χ1v) is 8.83. The molecule has 0 spiro atoms. The lowest BCUT2D eigenvalue weighted by Crippen LogP contribution is -2.13. The number of nitrogens with one attached hydrogen (secondary N) is 1. The molecular weight excluding hydrogens is 360 g/mol. The van der Waals surface area contributed by atoms with Crippen molar-refractivity contribution in [2.24, 2.45) is 0 Å². The van der Waals surface area contributed by atoms with Crippen LogP contribution >= 0.6 is 23.1 Å². The van der Waals surface area contributed by atoms with E-state index >= 15 is 0 Å². The highest BCUT2D eigenvalue weighted by molar-refractivity contribution is 8.01. The third kappa shape index (κ3) is 4.20. The number of anilines is 1. The van der Waals surface area contributed by atoms with Crippen molar-refractivity contribution in [3.63, 3.8) is 0 Å². The number of carbonyl (C=O) groups is 1. The first kappa shape index (κ1) is 17.1. The Labute approximate surface area is 151 Å². The molecule has 0 unspecified atom stereocenters. The van der Waals surface area contributed by atoms with E-state index in [-0.39, 0.29) is 11.3 Å². The van der Waals surface area contributed by atoms with Gasteiger partial charge in [-0.15, -0.1) is 11.3 Å². The number of hydrogen-bond donors (Lipinski definition) is 1. The topological polar surface area (TPSA) is 98.0 Å². The Kier molecular flexibility index (Phi) is 5.05. The number of aromatic nitrogens is 2. The van der Waals surface area contributed by atoms with Gasteiger partial charge in [0.15, 0.2) is 4.34 Å². The monoisotopic (exact) mass is 372 g/mol. The van der Waals surface area contributed by atoms with Gasteiger partial charge in [0.25, 0.3) is 11.6 Å². The second-order valence-corrected chi connectivity index (χ2v) is 7.11. The second kappa shape index (κ2) is 7.41. The molecule has 0 aliphatic carbocycles. The Balaban J connectivity index is 1.85. The lowest BCUT2D eigenvalue weighted by molar-refractivity contribution is -0.387. The van der Waals surface area contributed by atoms with Gasteiger partial charge >= 0.3 is 0 Å². The second-order valence-electron chi connectivity index (χ2n) is 4.97. The first-order valence-electron chi connectivity index (χ1n) is 7.14. The van der Waals surface area contributed by atoms with Crippen LogP contribution in [0.1, 0.15) is 16.1 Å². The van der Waals surface area contributed by atoms with Gasteiger partial charge in [0, 0.05) is 28.9 Å². The number of hydrogen-bond acceptors (Lipinski definition) is 7. The van der Waals surface area contributed by atoms with Gasteiger partial charge in [-0.25, -0.2) is 9.97 Å². The normalized spacial score (nSPS) is 10.4. The minimum absolute atomic E-state index is 0.133. The van der Waals surface area contributed by atoms with E-state index in [0.29, 0.717) is 15.1 Å². The van der Waals surface area contributed by atoms with Crippen LogP contribution in [0.3, 0.4) is 0 Å². The summed E-state index contributed by atoms with van der Waals surface area (Å²) in [6.07, 6.45) is 1.55. The Hall–Kier alpha value is -2.78. The molecule has 0 saturated heterocycles. The van der Waals surface area contributed by atoms with Gasteiger partial charge in [-0.1, -0.05) is 17.8 Å². The molecule has 0 aliphatic heterocycles. The SMILES string of the molecule is Cc1csc(Sc2ccc(C(=O)Nc3ccccn3)cc2[N+](=O)[O-])n1. The van der Waals surface area contributed by atoms with E-state index in [2.05, 4.69) is 15.3 Å². The molecule has 0 radical (unpaired) electrons. The van der Waals surface area contributed by atoms with Crippen LogP contribution in [0.25, 0.3) is 0 Å². The third-order valence-electron chi connectivity index (χ3n) is 3.12. The molecule has 1 N–H and O–H groups in total. The molecule has 25 heavy (non-hydrogen) atoms. The molecule has 1 aromatic carbocycles. The van der Waals surface area contributed by atoms with Crippen molar-refractivity contribution in [1.82, 2.24) is 9.97 Å². The van der Waals surface area contributed by atoms with Gasteiger partial charge in [0.2, 0.25) is 0 Å². The molecule has 7 nitrogen and oxygen atoms in total. The fourth-order valence-electron chi connectivity index (χ4n) is 1.99. The number of aryl methyl sites for hydroxylation is 1. The van der Waals surface area contributed by atoms with Gasteiger partial charge < -0.3 is 5.32 Å². The number of rotatable bonds is 5. The average molecular weight is 372 g/mol. The molecule has 2 heterocycles. The van der Waals surface area contributed by atoms with Crippen molar-refractivity contribution in [3.8, 4) is 0 Å². The molecule has 0 saturated carbocycles. The van der Waals surface area contributed by atoms with Crippen LogP contribution in [0.5, 0.6) is 0 Å². The number of carbonyl (C=O) groups excluding carboxylic acids is 1. The minimum Gasteiger partial charge on any atom is -0.307 e. The van der Waals surface area contributed by atoms with Crippen LogP contribution in [-0.4, -0.2) is 20.8 Å². The first-order chi connectivity index (χ1) is 12.0. The quantitative estimate of drug-likeness (QED) is 0.533. The summed E-state index contributed by atoms with van der Waals surface area (Å²) in [7, 11) is 0. The van der Waals surface area contributed by atoms with Gasteiger partial charge in [0.05, 0.1) is 9.82 Å². The van der Waals surface area contributed by atoms with Crippen molar-refractivity contribution < 1.29 is 9.72 Å². The van der Waals surface area contributed by atoms with Crippen LogP contribution in [0, 0.1) is 17.0 Å². The summed E-state index contributed by atoms with van der Waals surface area (Å²) in [6, 6.07) is 9.48. The summed E-state index contributed by atoms with van der Waals surface area (Å²) < 4.78 is 0.714. The predicted molar refractivity (Wildman–Crippen MR) is 96.3 cm³/mol. The van der Waals surface area contributed by atoms with E-state index in [9.17, 15) is 14.9 Å². The molecule has 0 atom stereocenters. The smallest absolute Gasteiger partial charge is 0.284 e. The Morgan fingerprint density at radius 1 is 1.32 bits per heavy atom. The summed E-state index contributed by atoms with van der Waals surface area (Å²) in [6.45, 7) is 1.86. The number of amides is 1. The van der Waals surface area contributed by atoms with Gasteiger partial charge in [0.1, 0.15) is 5.82 Å². The van der Waals surface area contributed by atoms with Crippen LogP contribution in [0.4, 0.5) is 11.5 Å². The summed E-state index contributed by atoms with van der Waals surface area (Å²) in [4.78, 5) is 31.9. The summed E-state index contributed by atoms with van der Waals surface area (Å²) in [5.41, 5.74) is 0.921. The molecule has 0 bridgehead atoms. The minimum atomic E-state index is -0.500. The van der Waals surface area contributed by atoms with Crippen molar-refractivity contribution in [1.29, 1.82) is 0 Å². The van der Waals surface area contributed by atoms with Crippen molar-refractivity contribution in [2.45, 2.75) is 16.2 Å². The third-order valence-corrected chi connectivity index (χ3v) is 5.24. The fourth-order valence-corrected chi connectivity index (χ4v) is 3.86. The number of nitrogens with zero attached hydrogens (tertiary/aromatic N) is 3. The molecule has 126 valence electrons. The number of pyridine rings is 1. The highest BCUT2D eigenvalue weighted by atomic mass is 32.2. The molecule has 2 aromatic heterocycles. The molecule has 9 heteroatoms. The Morgan fingerprint density at radius 3 is 2.80 bits per heavy atom. The van der Waals surface area contributed by atoms with Gasteiger partial charge in [-0.2, -0.15) is 0 Å². The lowest BCUT2D eigenvalue weighted by atomic mass is 10.2. The van der Waals surface area contributed by atoms with E-state index in [0.717, 1.165) is 5.69 Å². The van der Waals surface area contributed by atoms with Crippen LogP contribution in [0.15, 0.2) is 57.2 Å². The van der Waals surface area contributed by atoms with Gasteiger partial charge in [-0.05, 0) is 31.2 Å². The van der Waals surface area contributed by atoms with Gasteiger partial charge in [-0.3, -0.25) is 14.9 Å². The zero-order valence-electron chi connectivity index (χ0n) is 13.0. The molecular formula is C16H12N4O3S2. The zero-order valence-corrected chi connectivity index (χ0v) is 14.6. The highest BCUT2D eigenvalue weighted by Crippen LogP contribution is 2.36. The standard InChI is InChI=1S/C16H12N4O3S2/c1-10-9-24-16(18-10)25-13-6-5-11(8-12(13)20(22)23)15(21)19-14-4-2-3-7-17-14/h2-9H,1H3,(H,17,19,21). The average Bonchev–Trinajstić information content (AvgIpc) is 3.00. The summed E-state index contributed by atoms with van der Waals surface area (Å²) in [5, 5.41) is 15.9. The lowest BCUT2D eigenvalue weighted by Gasteiger charge is -2.06. The van der Waals surface area contributed by atoms with E-state index in [1.54, 1.807) is 36.5 Å². The van der Waals surface area contributed by atoms with Crippen LogP contribution in [0.2, 0.25) is 0 Å².